The van der Waals surface area contributed by atoms with Crippen LogP contribution in [0.3, 0.4) is 0 Å². The fourth-order valence-electron chi connectivity index (χ4n) is 5.45. The topological polar surface area (TPSA) is 47.9 Å². The first-order valence-electron chi connectivity index (χ1n) is 14.5. The van der Waals surface area contributed by atoms with E-state index < -0.39 is 0 Å². The number of hydrogen-bond donors (Lipinski definition) is 1. The quantitative estimate of drug-likeness (QED) is 0.187. The number of rotatable bonds is 12. The Bertz CT molecular complexity index is 1360. The highest BCUT2D eigenvalue weighted by Crippen LogP contribution is 2.38. The molecule has 0 aliphatic carbocycles. The van der Waals surface area contributed by atoms with Crippen molar-refractivity contribution in [1.29, 1.82) is 0 Å². The molecule has 4 aromatic rings. The second-order valence-electron chi connectivity index (χ2n) is 10.8. The van der Waals surface area contributed by atoms with E-state index in [1.165, 1.54) is 11.1 Å². The van der Waals surface area contributed by atoms with E-state index in [1.54, 1.807) is 0 Å². The maximum absolute atomic E-state index is 10.3. The van der Waals surface area contributed by atoms with Gasteiger partial charge in [-0.2, -0.15) is 0 Å². The lowest BCUT2D eigenvalue weighted by molar-refractivity contribution is -0.142. The first kappa shape index (κ1) is 29.5. The minimum Gasteiger partial charge on any atom is -0.392 e. The molecule has 0 aromatic heterocycles. The van der Waals surface area contributed by atoms with Gasteiger partial charge in [-0.25, -0.2) is 0 Å². The average molecular weight is 571 g/mol. The summed E-state index contributed by atoms with van der Waals surface area (Å²) in [7, 11) is 0. The molecule has 5 rings (SSSR count). The second-order valence-corrected chi connectivity index (χ2v) is 11.2. The molecule has 0 spiro atoms. The van der Waals surface area contributed by atoms with E-state index in [9.17, 15) is 5.11 Å². The highest BCUT2D eigenvalue weighted by molar-refractivity contribution is 6.31. The number of halogens is 1. The lowest BCUT2D eigenvalue weighted by Crippen LogP contribution is -2.36. The van der Waals surface area contributed by atoms with Crippen LogP contribution < -0.4 is 0 Å². The SMILES string of the molecule is CCc1ccc(Cc2cc(C3CC(OCc4ccccc4)CC(COCc4ccccc4)O3)c(CO)cc2Cl)cc1. The number of hydrogen-bond acceptors (Lipinski definition) is 4. The van der Waals surface area contributed by atoms with Crippen LogP contribution in [0.1, 0.15) is 64.8 Å². The van der Waals surface area contributed by atoms with Crippen LogP contribution in [0, 0.1) is 0 Å². The molecule has 1 aliphatic heterocycles. The number of ether oxygens (including phenoxy) is 3. The van der Waals surface area contributed by atoms with Crippen molar-refractivity contribution >= 4 is 11.6 Å². The van der Waals surface area contributed by atoms with E-state index >= 15 is 0 Å². The molecule has 1 heterocycles. The lowest BCUT2D eigenvalue weighted by Gasteiger charge is -2.36. The van der Waals surface area contributed by atoms with Gasteiger partial charge in [-0.3, -0.25) is 0 Å². The van der Waals surface area contributed by atoms with Gasteiger partial charge in [0.2, 0.25) is 0 Å². The number of aliphatic hydroxyl groups excluding tert-OH is 1. The molecular weight excluding hydrogens is 532 g/mol. The molecule has 0 bridgehead atoms. The lowest BCUT2D eigenvalue weighted by atomic mass is 9.90. The Balaban J connectivity index is 1.35. The molecule has 4 nitrogen and oxygen atoms in total. The largest absolute Gasteiger partial charge is 0.392 e. The zero-order chi connectivity index (χ0) is 28.4. The summed E-state index contributed by atoms with van der Waals surface area (Å²) in [5, 5.41) is 11.0. The third-order valence-corrected chi connectivity index (χ3v) is 8.11. The maximum atomic E-state index is 10.3. The molecule has 1 fully saturated rings. The molecule has 1 N–H and O–H groups in total. The Hall–Kier alpha value is -2.99. The first-order valence-corrected chi connectivity index (χ1v) is 14.9. The van der Waals surface area contributed by atoms with Crippen LogP contribution in [0.15, 0.2) is 97.1 Å². The van der Waals surface area contributed by atoms with E-state index in [1.807, 2.05) is 42.5 Å². The van der Waals surface area contributed by atoms with E-state index in [2.05, 4.69) is 61.5 Å². The van der Waals surface area contributed by atoms with E-state index in [4.69, 9.17) is 25.8 Å². The van der Waals surface area contributed by atoms with Crippen molar-refractivity contribution in [1.82, 2.24) is 0 Å². The van der Waals surface area contributed by atoms with Gasteiger partial charge in [0.25, 0.3) is 0 Å². The summed E-state index contributed by atoms with van der Waals surface area (Å²) in [6.07, 6.45) is 2.79. The highest BCUT2D eigenvalue weighted by atomic mass is 35.5. The summed E-state index contributed by atoms with van der Waals surface area (Å²) in [5.74, 6) is 0. The van der Waals surface area contributed by atoms with Gasteiger partial charge in [0.15, 0.2) is 0 Å². The number of aryl methyl sites for hydroxylation is 1. The second kappa shape index (κ2) is 14.8. The molecule has 5 heteroatoms. The number of benzene rings is 4. The maximum Gasteiger partial charge on any atom is 0.0858 e. The van der Waals surface area contributed by atoms with Crippen molar-refractivity contribution in [3.8, 4) is 0 Å². The molecular formula is C36H39ClO4. The summed E-state index contributed by atoms with van der Waals surface area (Å²) in [6.45, 7) is 3.60. The smallest absolute Gasteiger partial charge is 0.0858 e. The van der Waals surface area contributed by atoms with Crippen LogP contribution in [0.5, 0.6) is 0 Å². The first-order chi connectivity index (χ1) is 20.1. The van der Waals surface area contributed by atoms with Gasteiger partial charge in [-0.05, 0) is 57.9 Å². The van der Waals surface area contributed by atoms with Gasteiger partial charge in [0, 0.05) is 17.9 Å². The molecule has 214 valence electrons. The fraction of sp³-hybridized carbons (Fsp3) is 0.333. The minimum absolute atomic E-state index is 0.00783. The molecule has 0 amide bonds. The van der Waals surface area contributed by atoms with E-state index in [-0.39, 0.29) is 24.9 Å². The summed E-state index contributed by atoms with van der Waals surface area (Å²) < 4.78 is 19.2. The van der Waals surface area contributed by atoms with Crippen molar-refractivity contribution in [3.63, 3.8) is 0 Å². The Kier molecular flexibility index (Phi) is 10.6. The van der Waals surface area contributed by atoms with Crippen LogP contribution in [0.25, 0.3) is 0 Å². The van der Waals surface area contributed by atoms with Gasteiger partial charge in [-0.1, -0.05) is 110 Å². The summed E-state index contributed by atoms with van der Waals surface area (Å²) in [4.78, 5) is 0. The van der Waals surface area contributed by atoms with Gasteiger partial charge >= 0.3 is 0 Å². The normalized spacial score (nSPS) is 18.9. The Labute approximate surface area is 248 Å². The van der Waals surface area contributed by atoms with Crippen molar-refractivity contribution in [2.45, 2.75) is 70.7 Å². The van der Waals surface area contributed by atoms with E-state index in [0.29, 0.717) is 37.7 Å². The van der Waals surface area contributed by atoms with Crippen LogP contribution in [-0.4, -0.2) is 23.9 Å². The Morgan fingerprint density at radius 2 is 1.44 bits per heavy atom. The molecule has 3 atom stereocenters. The zero-order valence-corrected chi connectivity index (χ0v) is 24.4. The van der Waals surface area contributed by atoms with Crippen molar-refractivity contribution < 1.29 is 19.3 Å². The molecule has 41 heavy (non-hydrogen) atoms. The Morgan fingerprint density at radius 3 is 2.10 bits per heavy atom. The number of aliphatic hydroxyl groups is 1. The summed E-state index contributed by atoms with van der Waals surface area (Å²) >= 11 is 6.73. The van der Waals surface area contributed by atoms with Crippen LogP contribution in [-0.2, 0) is 46.9 Å². The zero-order valence-electron chi connectivity index (χ0n) is 23.7. The molecule has 3 unspecified atom stereocenters. The van der Waals surface area contributed by atoms with Crippen LogP contribution in [0.4, 0.5) is 0 Å². The van der Waals surface area contributed by atoms with E-state index in [0.717, 1.165) is 40.7 Å². The summed E-state index contributed by atoms with van der Waals surface area (Å²) in [5.41, 5.74) is 7.58. The van der Waals surface area contributed by atoms with Gasteiger partial charge in [0.1, 0.15) is 0 Å². The third kappa shape index (κ3) is 8.28. The highest BCUT2D eigenvalue weighted by Gasteiger charge is 2.33. The molecule has 0 radical (unpaired) electrons. The molecule has 4 aromatic carbocycles. The monoisotopic (exact) mass is 570 g/mol. The van der Waals surface area contributed by atoms with Crippen molar-refractivity contribution in [2.75, 3.05) is 6.61 Å². The van der Waals surface area contributed by atoms with Crippen LogP contribution in [0.2, 0.25) is 5.02 Å². The summed E-state index contributed by atoms with van der Waals surface area (Å²) in [6, 6.07) is 33.1. The minimum atomic E-state index is -0.240. The predicted molar refractivity (Wildman–Crippen MR) is 164 cm³/mol. The fourth-order valence-corrected chi connectivity index (χ4v) is 5.70. The van der Waals surface area contributed by atoms with Crippen LogP contribution >= 0.6 is 11.6 Å². The average Bonchev–Trinajstić information content (AvgIpc) is 3.02. The predicted octanol–water partition coefficient (Wildman–Crippen LogP) is 8.01. The van der Waals surface area contributed by atoms with Gasteiger partial charge in [-0.15, -0.1) is 0 Å². The van der Waals surface area contributed by atoms with Gasteiger partial charge < -0.3 is 19.3 Å². The molecule has 1 saturated heterocycles. The molecule has 0 saturated carbocycles. The van der Waals surface area contributed by atoms with Crippen molar-refractivity contribution in [3.05, 3.63) is 141 Å². The standard InChI is InChI=1S/C36H39ClO4/c1-2-26-13-15-27(16-14-26)17-30-18-34(31(22-38)19-35(30)37)36-21-32(40-24-29-11-7-4-8-12-29)20-33(41-36)25-39-23-28-9-5-3-6-10-28/h3-16,18-19,32-33,36,38H,2,17,20-25H2,1H3. The Morgan fingerprint density at radius 1 is 0.780 bits per heavy atom. The van der Waals surface area contributed by atoms with Gasteiger partial charge in [0.05, 0.1) is 44.7 Å². The third-order valence-electron chi connectivity index (χ3n) is 7.75. The van der Waals surface area contributed by atoms with Crippen molar-refractivity contribution in [2.24, 2.45) is 0 Å². The molecule has 1 aliphatic rings.